The van der Waals surface area contributed by atoms with Gasteiger partial charge in [-0.15, -0.1) is 0 Å². The zero-order chi connectivity index (χ0) is 17.8. The van der Waals surface area contributed by atoms with Crippen LogP contribution >= 0.6 is 0 Å². The molecule has 0 aliphatic carbocycles. The summed E-state index contributed by atoms with van der Waals surface area (Å²) in [6.07, 6.45) is 0.384. The zero-order valence-electron chi connectivity index (χ0n) is 13.4. The molecule has 2 aromatic rings. The van der Waals surface area contributed by atoms with Crippen LogP contribution in [-0.4, -0.2) is 29.3 Å². The van der Waals surface area contributed by atoms with Gasteiger partial charge < -0.3 is 10.2 Å². The highest BCUT2D eigenvalue weighted by atomic mass is 16.6. The monoisotopic (exact) mass is 339 g/mol. The summed E-state index contributed by atoms with van der Waals surface area (Å²) >= 11 is 0. The van der Waals surface area contributed by atoms with Gasteiger partial charge in [0.25, 0.3) is 5.69 Å². The number of nitrogens with zero attached hydrogens (tertiary/aromatic N) is 2. The molecule has 1 aliphatic rings. The first-order valence-electron chi connectivity index (χ1n) is 7.91. The Kier molecular flexibility index (Phi) is 4.74. The van der Waals surface area contributed by atoms with Crippen LogP contribution in [0.1, 0.15) is 12.0 Å². The van der Waals surface area contributed by atoms with E-state index in [0.717, 1.165) is 5.69 Å². The first-order chi connectivity index (χ1) is 12.0. The van der Waals surface area contributed by atoms with Gasteiger partial charge in [-0.25, -0.2) is 0 Å². The van der Waals surface area contributed by atoms with Crippen LogP contribution in [0.4, 0.5) is 11.4 Å². The van der Waals surface area contributed by atoms with Gasteiger partial charge in [-0.05, 0) is 17.7 Å². The molecule has 2 amide bonds. The molecule has 0 aromatic heterocycles. The predicted molar refractivity (Wildman–Crippen MR) is 92.1 cm³/mol. The molecule has 1 unspecified atom stereocenters. The number of carbonyl (C=O) groups excluding carboxylic acids is 2. The Morgan fingerprint density at radius 2 is 1.84 bits per heavy atom. The Balaban J connectivity index is 1.56. The lowest BCUT2D eigenvalue weighted by atomic mass is 10.1. The van der Waals surface area contributed by atoms with Crippen LogP contribution in [0.15, 0.2) is 54.6 Å². The largest absolute Gasteiger partial charge is 0.351 e. The van der Waals surface area contributed by atoms with E-state index < -0.39 is 4.92 Å². The second kappa shape index (κ2) is 7.12. The minimum atomic E-state index is -0.480. The fourth-order valence-corrected chi connectivity index (χ4v) is 2.86. The number of non-ortho nitro benzene ring substituents is 1. The minimum absolute atomic E-state index is 0.0101. The molecule has 7 heteroatoms. The van der Waals surface area contributed by atoms with Crippen molar-refractivity contribution in [1.29, 1.82) is 0 Å². The highest BCUT2D eigenvalue weighted by Crippen LogP contribution is 2.21. The summed E-state index contributed by atoms with van der Waals surface area (Å²) in [5.41, 5.74) is 1.50. The zero-order valence-corrected chi connectivity index (χ0v) is 13.4. The molecular formula is C18H17N3O4. The number of rotatable bonds is 5. The molecule has 0 bridgehead atoms. The highest BCUT2D eigenvalue weighted by Gasteiger charge is 2.31. The number of amides is 2. The second-order valence-electron chi connectivity index (χ2n) is 5.91. The molecule has 1 N–H and O–H groups in total. The van der Waals surface area contributed by atoms with Gasteiger partial charge in [-0.2, -0.15) is 0 Å². The number of hydrogen-bond donors (Lipinski definition) is 1. The highest BCUT2D eigenvalue weighted by molar-refractivity contribution is 5.96. The lowest BCUT2D eigenvalue weighted by Gasteiger charge is -2.17. The molecule has 0 saturated carbocycles. The van der Waals surface area contributed by atoms with Crippen molar-refractivity contribution in [1.82, 2.24) is 5.32 Å². The fraction of sp³-hybridized carbons (Fsp3) is 0.222. The molecule has 0 spiro atoms. The second-order valence-corrected chi connectivity index (χ2v) is 5.91. The number of hydrogen-bond acceptors (Lipinski definition) is 4. The Morgan fingerprint density at radius 3 is 2.48 bits per heavy atom. The van der Waals surface area contributed by atoms with Crippen LogP contribution in [0.25, 0.3) is 0 Å². The quantitative estimate of drug-likeness (QED) is 0.666. The molecule has 25 heavy (non-hydrogen) atoms. The topological polar surface area (TPSA) is 92.5 Å². The molecule has 2 aromatic carbocycles. The van der Waals surface area contributed by atoms with Crippen LogP contribution in [0.5, 0.6) is 0 Å². The summed E-state index contributed by atoms with van der Waals surface area (Å²) in [5, 5.41) is 13.5. The van der Waals surface area contributed by atoms with Gasteiger partial charge in [0.15, 0.2) is 0 Å². The van der Waals surface area contributed by atoms with E-state index in [2.05, 4.69) is 5.32 Å². The third-order valence-corrected chi connectivity index (χ3v) is 4.07. The van der Waals surface area contributed by atoms with E-state index in [-0.39, 0.29) is 36.4 Å². The number of nitro benzene ring substituents is 1. The summed E-state index contributed by atoms with van der Waals surface area (Å²) in [4.78, 5) is 36.1. The SMILES string of the molecule is O=C(Cc1ccc([N+](=O)[O-])cc1)NC1CC(=O)N(c2ccccc2)C1. The number of carbonyl (C=O) groups is 2. The minimum Gasteiger partial charge on any atom is -0.351 e. The molecule has 3 rings (SSSR count). The Labute approximate surface area is 144 Å². The number of nitro groups is 1. The van der Waals surface area contributed by atoms with Crippen molar-refractivity contribution in [3.63, 3.8) is 0 Å². The van der Waals surface area contributed by atoms with E-state index in [1.807, 2.05) is 30.3 Å². The molecule has 7 nitrogen and oxygen atoms in total. The molecule has 0 radical (unpaired) electrons. The smallest absolute Gasteiger partial charge is 0.269 e. The Morgan fingerprint density at radius 1 is 1.16 bits per heavy atom. The Bertz CT molecular complexity index is 790. The van der Waals surface area contributed by atoms with E-state index >= 15 is 0 Å². The normalized spacial score (nSPS) is 16.7. The molecule has 1 saturated heterocycles. The van der Waals surface area contributed by atoms with Gasteiger partial charge in [0.05, 0.1) is 17.4 Å². The number of nitrogens with one attached hydrogen (secondary N) is 1. The van der Waals surface area contributed by atoms with Crippen molar-refractivity contribution in [3.8, 4) is 0 Å². The van der Waals surface area contributed by atoms with Crippen molar-refractivity contribution in [2.75, 3.05) is 11.4 Å². The molecule has 1 atom stereocenters. The van der Waals surface area contributed by atoms with Crippen LogP contribution in [0.3, 0.4) is 0 Å². The summed E-state index contributed by atoms with van der Waals surface area (Å²) in [7, 11) is 0. The summed E-state index contributed by atoms with van der Waals surface area (Å²) in [5.74, 6) is -0.228. The number of anilines is 1. The van der Waals surface area contributed by atoms with Gasteiger partial charge in [0.2, 0.25) is 11.8 Å². The molecule has 1 fully saturated rings. The molecule has 1 aliphatic heterocycles. The van der Waals surface area contributed by atoms with E-state index in [0.29, 0.717) is 12.1 Å². The van der Waals surface area contributed by atoms with Gasteiger partial charge in [-0.1, -0.05) is 30.3 Å². The standard InChI is InChI=1S/C18H17N3O4/c22-17(10-13-6-8-16(9-7-13)21(24)25)19-14-11-18(23)20(12-14)15-4-2-1-3-5-15/h1-9,14H,10-12H2,(H,19,22). The number of para-hydroxylation sites is 1. The first-order valence-corrected chi connectivity index (χ1v) is 7.91. The predicted octanol–water partition coefficient (Wildman–Crippen LogP) is 2.06. The third kappa shape index (κ3) is 4.00. The maximum absolute atomic E-state index is 12.2. The van der Waals surface area contributed by atoms with Crippen LogP contribution < -0.4 is 10.2 Å². The van der Waals surface area contributed by atoms with Gasteiger partial charge >= 0.3 is 0 Å². The van der Waals surface area contributed by atoms with Crippen molar-refractivity contribution >= 4 is 23.2 Å². The van der Waals surface area contributed by atoms with Gasteiger partial charge in [0.1, 0.15) is 0 Å². The molecule has 128 valence electrons. The van der Waals surface area contributed by atoms with E-state index in [1.54, 1.807) is 17.0 Å². The van der Waals surface area contributed by atoms with Gasteiger partial charge in [0, 0.05) is 30.8 Å². The molecule has 1 heterocycles. The molecular weight excluding hydrogens is 322 g/mol. The first kappa shape index (κ1) is 16.6. The fourth-order valence-electron chi connectivity index (χ4n) is 2.86. The summed E-state index contributed by atoms with van der Waals surface area (Å²) in [6, 6.07) is 15.0. The Hall–Kier alpha value is -3.22. The average molecular weight is 339 g/mol. The maximum atomic E-state index is 12.2. The van der Waals surface area contributed by atoms with Crippen molar-refractivity contribution < 1.29 is 14.5 Å². The average Bonchev–Trinajstić information content (AvgIpc) is 2.96. The van der Waals surface area contributed by atoms with Crippen molar-refractivity contribution in [2.24, 2.45) is 0 Å². The van der Waals surface area contributed by atoms with E-state index in [4.69, 9.17) is 0 Å². The lowest BCUT2D eigenvalue weighted by Crippen LogP contribution is -2.38. The summed E-state index contributed by atoms with van der Waals surface area (Å²) in [6.45, 7) is 0.439. The van der Waals surface area contributed by atoms with Crippen molar-refractivity contribution in [2.45, 2.75) is 18.9 Å². The van der Waals surface area contributed by atoms with Crippen LogP contribution in [0, 0.1) is 10.1 Å². The number of benzene rings is 2. The lowest BCUT2D eigenvalue weighted by molar-refractivity contribution is -0.384. The van der Waals surface area contributed by atoms with E-state index in [1.165, 1.54) is 12.1 Å². The van der Waals surface area contributed by atoms with Gasteiger partial charge in [-0.3, -0.25) is 19.7 Å². The van der Waals surface area contributed by atoms with Crippen LogP contribution in [0.2, 0.25) is 0 Å². The van der Waals surface area contributed by atoms with E-state index in [9.17, 15) is 19.7 Å². The summed E-state index contributed by atoms with van der Waals surface area (Å²) < 4.78 is 0. The van der Waals surface area contributed by atoms with Crippen molar-refractivity contribution in [3.05, 3.63) is 70.3 Å². The van der Waals surface area contributed by atoms with Crippen LogP contribution in [-0.2, 0) is 16.0 Å². The maximum Gasteiger partial charge on any atom is 0.269 e. The third-order valence-electron chi connectivity index (χ3n) is 4.07.